The molecule has 3 heteroatoms. The largest absolute Gasteiger partial charge is 0.399 e. The van der Waals surface area contributed by atoms with Crippen molar-refractivity contribution in [1.29, 1.82) is 0 Å². The third kappa shape index (κ3) is 2.95. The van der Waals surface area contributed by atoms with Crippen LogP contribution in [-0.2, 0) is 4.84 Å². The van der Waals surface area contributed by atoms with Crippen LogP contribution in [0.3, 0.4) is 0 Å². The van der Waals surface area contributed by atoms with Gasteiger partial charge in [0.05, 0.1) is 5.71 Å². The quantitative estimate of drug-likeness (QED) is 0.782. The molecule has 1 saturated heterocycles. The van der Waals surface area contributed by atoms with E-state index in [0.717, 1.165) is 0 Å². The Bertz CT molecular complexity index is 752. The Morgan fingerprint density at radius 1 is 0.846 bits per heavy atom. The van der Waals surface area contributed by atoms with Crippen LogP contribution in [0.1, 0.15) is 53.6 Å². The zero-order chi connectivity index (χ0) is 18.1. The van der Waals surface area contributed by atoms with Crippen LogP contribution in [-0.4, -0.2) is 12.8 Å². The third-order valence-corrected chi connectivity index (χ3v) is 6.20. The first-order valence-electron chi connectivity index (χ1n) is 9.68. The van der Waals surface area contributed by atoms with E-state index in [1.165, 1.54) is 47.2 Å². The van der Waals surface area contributed by atoms with E-state index in [2.05, 4.69) is 72.9 Å². The maximum Gasteiger partial charge on any atom is 0.106 e. The van der Waals surface area contributed by atoms with Crippen LogP contribution in [0.15, 0.2) is 53.7 Å². The number of nitrogens with one attached hydrogen (secondary N) is 1. The van der Waals surface area contributed by atoms with Crippen LogP contribution in [0.25, 0.3) is 0 Å². The minimum Gasteiger partial charge on any atom is -0.399 e. The monoisotopic (exact) mass is 348 g/mol. The van der Waals surface area contributed by atoms with Crippen molar-refractivity contribution >= 4 is 5.71 Å². The Hall–Kier alpha value is -2.13. The van der Waals surface area contributed by atoms with Gasteiger partial charge in [-0.25, -0.2) is 0 Å². The third-order valence-electron chi connectivity index (χ3n) is 6.20. The van der Waals surface area contributed by atoms with Crippen LogP contribution < -0.4 is 5.32 Å². The molecule has 136 valence electrons. The Kier molecular flexibility index (Phi) is 4.82. The fourth-order valence-electron chi connectivity index (χ4n) is 4.95. The second-order valence-electron chi connectivity index (χ2n) is 7.68. The maximum atomic E-state index is 5.31. The fourth-order valence-corrected chi connectivity index (χ4v) is 4.95. The van der Waals surface area contributed by atoms with Gasteiger partial charge in [0.25, 0.3) is 0 Å². The molecule has 1 N–H and O–H groups in total. The van der Waals surface area contributed by atoms with Crippen molar-refractivity contribution in [2.45, 2.75) is 45.2 Å². The predicted molar refractivity (Wildman–Crippen MR) is 106 cm³/mol. The Morgan fingerprint density at radius 3 is 1.81 bits per heavy atom. The molecule has 1 heterocycles. The van der Waals surface area contributed by atoms with Crippen LogP contribution >= 0.6 is 0 Å². The number of hydrogen-bond donors (Lipinski definition) is 1. The molecule has 0 spiro atoms. The topological polar surface area (TPSA) is 33.6 Å². The van der Waals surface area contributed by atoms with Crippen molar-refractivity contribution in [1.82, 2.24) is 5.32 Å². The predicted octanol–water partition coefficient (Wildman–Crippen LogP) is 5.11. The van der Waals surface area contributed by atoms with Crippen molar-refractivity contribution in [3.63, 3.8) is 0 Å². The standard InChI is InChI=1S/C23H28N2O/c1-15-9-4-6-11-17(15)21-19-13-8-14-20(23(19)25-26-3)22(24-21)18-12-7-5-10-16(18)2/h4-7,9-12,19-22,24H,8,13-14H2,1-3H3/t19-,20+,21+,22-. The van der Waals surface area contributed by atoms with Gasteiger partial charge in [-0.1, -0.05) is 60.1 Å². The Labute approximate surface area is 156 Å². The van der Waals surface area contributed by atoms with Gasteiger partial charge in [-0.2, -0.15) is 0 Å². The molecule has 2 aromatic carbocycles. The lowest BCUT2D eigenvalue weighted by atomic mass is 9.66. The first-order valence-corrected chi connectivity index (χ1v) is 9.68. The van der Waals surface area contributed by atoms with Crippen molar-refractivity contribution in [2.24, 2.45) is 17.0 Å². The number of benzene rings is 2. The molecule has 26 heavy (non-hydrogen) atoms. The van der Waals surface area contributed by atoms with Crippen molar-refractivity contribution in [3.05, 3.63) is 70.8 Å². The van der Waals surface area contributed by atoms with E-state index >= 15 is 0 Å². The van der Waals surface area contributed by atoms with Gasteiger partial charge in [-0.15, -0.1) is 0 Å². The molecule has 1 saturated carbocycles. The second kappa shape index (κ2) is 7.24. The first-order chi connectivity index (χ1) is 12.7. The second-order valence-corrected chi connectivity index (χ2v) is 7.68. The first kappa shape index (κ1) is 17.3. The molecule has 0 radical (unpaired) electrons. The average Bonchev–Trinajstić information content (AvgIpc) is 2.64. The van der Waals surface area contributed by atoms with E-state index in [1.54, 1.807) is 7.11 Å². The molecule has 0 amide bonds. The summed E-state index contributed by atoms with van der Waals surface area (Å²) in [6, 6.07) is 18.1. The Balaban J connectivity index is 1.82. The molecule has 0 unspecified atom stereocenters. The minimum atomic E-state index is 0.284. The van der Waals surface area contributed by atoms with Crippen LogP contribution in [0.4, 0.5) is 0 Å². The van der Waals surface area contributed by atoms with Gasteiger partial charge in [-0.05, 0) is 48.9 Å². The highest BCUT2D eigenvalue weighted by Gasteiger charge is 2.46. The molecule has 2 aromatic rings. The average molecular weight is 348 g/mol. The van der Waals surface area contributed by atoms with E-state index in [1.807, 2.05) is 0 Å². The van der Waals surface area contributed by atoms with E-state index in [0.29, 0.717) is 11.8 Å². The Morgan fingerprint density at radius 2 is 1.35 bits per heavy atom. The van der Waals surface area contributed by atoms with Crippen molar-refractivity contribution in [2.75, 3.05) is 7.11 Å². The lowest BCUT2D eigenvalue weighted by molar-refractivity contribution is 0.180. The lowest BCUT2D eigenvalue weighted by Gasteiger charge is -2.47. The van der Waals surface area contributed by atoms with Crippen molar-refractivity contribution < 1.29 is 4.84 Å². The van der Waals surface area contributed by atoms with Crippen molar-refractivity contribution in [3.8, 4) is 0 Å². The summed E-state index contributed by atoms with van der Waals surface area (Å²) in [6.07, 6.45) is 3.60. The van der Waals surface area contributed by atoms with Gasteiger partial charge in [0.2, 0.25) is 0 Å². The van der Waals surface area contributed by atoms with Crippen LogP contribution in [0, 0.1) is 25.7 Å². The van der Waals surface area contributed by atoms with Gasteiger partial charge in [0.15, 0.2) is 0 Å². The van der Waals surface area contributed by atoms with Gasteiger partial charge in [0, 0.05) is 23.9 Å². The highest BCUT2D eigenvalue weighted by Crippen LogP contribution is 2.47. The molecular weight excluding hydrogens is 320 g/mol. The molecule has 0 aromatic heterocycles. The maximum absolute atomic E-state index is 5.31. The van der Waals surface area contributed by atoms with E-state index in [4.69, 9.17) is 4.84 Å². The van der Waals surface area contributed by atoms with E-state index in [-0.39, 0.29) is 12.1 Å². The number of piperidine rings is 1. The highest BCUT2D eigenvalue weighted by atomic mass is 16.6. The van der Waals surface area contributed by atoms with E-state index < -0.39 is 0 Å². The van der Waals surface area contributed by atoms with Gasteiger partial charge in [-0.3, -0.25) is 0 Å². The SMILES string of the molecule is CON=C1[C@H]2CCC[C@@H]1[C@H](c1ccccc1C)N[C@@H]2c1ccccc1C. The van der Waals surface area contributed by atoms with Gasteiger partial charge >= 0.3 is 0 Å². The summed E-state index contributed by atoms with van der Waals surface area (Å²) in [5.74, 6) is 0.824. The van der Waals surface area contributed by atoms with Crippen LogP contribution in [0.5, 0.6) is 0 Å². The number of rotatable bonds is 3. The molecule has 2 fully saturated rings. The summed E-state index contributed by atoms with van der Waals surface area (Å²) in [6.45, 7) is 4.42. The zero-order valence-electron chi connectivity index (χ0n) is 15.9. The summed E-state index contributed by atoms with van der Waals surface area (Å²) in [5.41, 5.74) is 6.71. The number of nitrogens with zero attached hydrogens (tertiary/aromatic N) is 1. The van der Waals surface area contributed by atoms with Crippen LogP contribution in [0.2, 0.25) is 0 Å². The van der Waals surface area contributed by atoms with Gasteiger partial charge in [0.1, 0.15) is 7.11 Å². The number of hydrogen-bond acceptors (Lipinski definition) is 3. The molecule has 4 rings (SSSR count). The smallest absolute Gasteiger partial charge is 0.106 e. The molecule has 4 atom stereocenters. The molecular formula is C23H28N2O. The summed E-state index contributed by atoms with van der Waals surface area (Å²) in [5, 5.41) is 8.58. The number of oxime groups is 1. The molecule has 2 bridgehead atoms. The molecule has 2 aliphatic rings. The highest BCUT2D eigenvalue weighted by molar-refractivity contribution is 5.91. The fraction of sp³-hybridized carbons (Fsp3) is 0.435. The van der Waals surface area contributed by atoms with E-state index in [9.17, 15) is 0 Å². The summed E-state index contributed by atoms with van der Waals surface area (Å²) >= 11 is 0. The number of fused-ring (bicyclic) bond motifs is 2. The minimum absolute atomic E-state index is 0.284. The zero-order valence-corrected chi connectivity index (χ0v) is 15.9. The molecule has 1 aliphatic carbocycles. The summed E-state index contributed by atoms with van der Waals surface area (Å²) < 4.78 is 0. The molecule has 1 aliphatic heterocycles. The van der Waals surface area contributed by atoms with Gasteiger partial charge < -0.3 is 10.2 Å². The normalized spacial score (nSPS) is 29.6. The number of aryl methyl sites for hydroxylation is 2. The summed E-state index contributed by atoms with van der Waals surface area (Å²) in [7, 11) is 1.68. The lowest BCUT2D eigenvalue weighted by Crippen LogP contribution is -2.51. The summed E-state index contributed by atoms with van der Waals surface area (Å²) in [4.78, 5) is 5.31. The molecule has 3 nitrogen and oxygen atoms in total.